The van der Waals surface area contributed by atoms with E-state index in [4.69, 9.17) is 0 Å². The maximum absolute atomic E-state index is 14.1. The van der Waals surface area contributed by atoms with Gasteiger partial charge < -0.3 is 19.8 Å². The van der Waals surface area contributed by atoms with Gasteiger partial charge in [0.05, 0.1) is 24.2 Å². The Bertz CT molecular complexity index is 1860. The molecule has 2 saturated heterocycles. The summed E-state index contributed by atoms with van der Waals surface area (Å²) in [6.07, 6.45) is 19.3. The quantitative estimate of drug-likeness (QED) is 0.195. The topological polar surface area (TPSA) is 113 Å². The molecule has 4 aliphatic carbocycles. The number of hydrogen-bond donors (Lipinski definition) is 2. The summed E-state index contributed by atoms with van der Waals surface area (Å²) >= 11 is 0. The number of unbranched alkanes of at least 4 members (excludes halogenated alkanes) is 5. The molecule has 0 unspecified atom stereocenters. The predicted octanol–water partition coefficient (Wildman–Crippen LogP) is 5.88. The Morgan fingerprint density at radius 3 is 1.50 bits per heavy atom. The third-order valence-electron chi connectivity index (χ3n) is 14.7. The average molecular weight is 765 g/mol. The minimum absolute atomic E-state index is 0.0571. The summed E-state index contributed by atoms with van der Waals surface area (Å²) in [7, 11) is 4.16. The number of carbonyl (C=O) groups is 2. The molecule has 2 N–H and O–H groups in total. The normalized spacial score (nSPS) is 28.9. The first-order valence-electron chi connectivity index (χ1n) is 21.8. The van der Waals surface area contributed by atoms with E-state index >= 15 is 0 Å². The zero-order valence-corrected chi connectivity index (χ0v) is 34.3. The minimum Gasteiger partial charge on any atom is -0.331 e. The van der Waals surface area contributed by atoms with Crippen molar-refractivity contribution in [2.24, 2.45) is 23.7 Å². The van der Waals surface area contributed by atoms with Crippen molar-refractivity contribution < 1.29 is 9.59 Å². The fourth-order valence-electron chi connectivity index (χ4n) is 12.6. The Balaban J connectivity index is 0.774. The number of rotatable bonds is 13. The highest BCUT2D eigenvalue weighted by atomic mass is 16.2. The number of H-pyrrole nitrogens is 2. The van der Waals surface area contributed by atoms with E-state index in [-0.39, 0.29) is 34.0 Å². The van der Waals surface area contributed by atoms with Crippen LogP contribution in [0, 0.1) is 23.7 Å². The predicted molar refractivity (Wildman–Crippen MR) is 220 cm³/mol. The molecule has 2 aliphatic heterocycles. The van der Waals surface area contributed by atoms with Gasteiger partial charge >= 0.3 is 0 Å². The van der Waals surface area contributed by atoms with E-state index in [1.54, 1.807) is 12.1 Å². The number of fused-ring (bicyclic) bond motifs is 2. The van der Waals surface area contributed by atoms with Crippen LogP contribution < -0.4 is 11.1 Å². The third kappa shape index (κ3) is 7.07. The van der Waals surface area contributed by atoms with Crippen molar-refractivity contribution in [1.29, 1.82) is 0 Å². The van der Waals surface area contributed by atoms with E-state index in [1.807, 2.05) is 12.1 Å². The van der Waals surface area contributed by atoms with Gasteiger partial charge in [0.25, 0.3) is 0 Å². The molecule has 302 valence electrons. The standard InChI is InChI=1S/C46H64N6O4/c1-31-23-33-25-39-37(15-17-41(53)47-39)45(27-31)35(33)13-11-21-51(45)43(55)29-49(3)19-9-7-5-6-8-10-20-50(4)30-44(56)52-22-12-14-36-34-24-32(2)28-46(36,52)38-16-18-42(54)48-40(38)26-34/h15-18,23-24,33-36H,5-14,19-22,25-30H2,1-4H3,(H,47,53)(H,48,54)/t33-,34-,35+,36+,45-,46-/m0/s1. The monoisotopic (exact) mass is 764 g/mol. The van der Waals surface area contributed by atoms with Crippen LogP contribution in [0.2, 0.25) is 0 Å². The van der Waals surface area contributed by atoms with E-state index in [1.165, 1.54) is 35.1 Å². The summed E-state index contributed by atoms with van der Waals surface area (Å²) in [6, 6.07) is 7.32. The van der Waals surface area contributed by atoms with Gasteiger partial charge in [-0.05, 0) is 152 Å². The van der Waals surface area contributed by atoms with E-state index in [0.29, 0.717) is 36.8 Å². The fraction of sp³-hybridized carbons (Fsp3) is 0.652. The SMILES string of the molecule is CC1=C[C@H]2Cc3[nH]c(=O)ccc3[C@]3(C1)[C@@H]2CCCN3C(=O)CN(C)CCCCCCCCN(C)CC(=O)N1CCC[C@@H]2[C@H]3C=C(C)C[C@@]21c1ccc(=O)[nH]c1C3. The smallest absolute Gasteiger partial charge is 0.248 e. The van der Waals surface area contributed by atoms with Gasteiger partial charge in [0.2, 0.25) is 22.9 Å². The second-order valence-corrected chi connectivity index (χ2v) is 18.6. The molecule has 2 amide bonds. The molecule has 6 aliphatic rings. The lowest BCUT2D eigenvalue weighted by atomic mass is 9.56. The van der Waals surface area contributed by atoms with Crippen molar-refractivity contribution >= 4 is 11.8 Å². The maximum atomic E-state index is 14.1. The minimum atomic E-state index is -0.352. The molecule has 0 radical (unpaired) electrons. The van der Waals surface area contributed by atoms with Crippen molar-refractivity contribution in [3.05, 3.63) is 90.8 Å². The number of carbonyl (C=O) groups excluding carboxylic acids is 2. The largest absolute Gasteiger partial charge is 0.331 e. The Morgan fingerprint density at radius 2 is 1.07 bits per heavy atom. The molecular formula is C46H64N6O4. The molecule has 0 spiro atoms. The number of aromatic nitrogens is 2. The molecule has 10 nitrogen and oxygen atoms in total. The Labute approximate surface area is 332 Å². The molecule has 8 rings (SSSR count). The molecule has 4 bridgehead atoms. The van der Waals surface area contributed by atoms with Crippen LogP contribution >= 0.6 is 0 Å². The van der Waals surface area contributed by atoms with Crippen LogP contribution in [0.4, 0.5) is 0 Å². The summed E-state index contributed by atoms with van der Waals surface area (Å²) in [5.41, 5.74) is 6.26. The summed E-state index contributed by atoms with van der Waals surface area (Å²) in [4.78, 5) is 67.8. The molecule has 6 atom stereocenters. The van der Waals surface area contributed by atoms with Crippen LogP contribution in [0.1, 0.15) is 113 Å². The zero-order valence-electron chi connectivity index (χ0n) is 34.3. The van der Waals surface area contributed by atoms with E-state index in [2.05, 4.69) is 69.7 Å². The molecule has 10 heteroatoms. The van der Waals surface area contributed by atoms with E-state index < -0.39 is 0 Å². The number of hydrogen-bond acceptors (Lipinski definition) is 6. The lowest BCUT2D eigenvalue weighted by Crippen LogP contribution is -2.63. The van der Waals surface area contributed by atoms with Gasteiger partial charge in [-0.25, -0.2) is 0 Å². The van der Waals surface area contributed by atoms with E-state index in [9.17, 15) is 19.2 Å². The Morgan fingerprint density at radius 1 is 0.661 bits per heavy atom. The van der Waals surface area contributed by atoms with Gasteiger partial charge in [-0.15, -0.1) is 0 Å². The number of aromatic amines is 2. The maximum Gasteiger partial charge on any atom is 0.248 e. The fourth-order valence-corrected chi connectivity index (χ4v) is 12.6. The van der Waals surface area contributed by atoms with Crippen LogP contribution in [-0.2, 0) is 33.5 Å². The van der Waals surface area contributed by atoms with Gasteiger partial charge in [-0.1, -0.05) is 49.0 Å². The number of pyridine rings is 2. The van der Waals surface area contributed by atoms with Gasteiger partial charge in [-0.3, -0.25) is 29.0 Å². The lowest BCUT2D eigenvalue weighted by Gasteiger charge is -2.59. The van der Waals surface area contributed by atoms with Crippen LogP contribution in [0.5, 0.6) is 0 Å². The zero-order chi connectivity index (χ0) is 39.2. The Hall–Kier alpha value is -3.76. The highest BCUT2D eigenvalue weighted by Crippen LogP contribution is 2.58. The van der Waals surface area contributed by atoms with Gasteiger partial charge in [0.1, 0.15) is 0 Å². The van der Waals surface area contributed by atoms with Crippen molar-refractivity contribution in [3.63, 3.8) is 0 Å². The summed E-state index contributed by atoms with van der Waals surface area (Å²) in [5, 5.41) is 0. The summed E-state index contributed by atoms with van der Waals surface area (Å²) < 4.78 is 0. The number of amides is 2. The number of piperidine rings is 2. The summed E-state index contributed by atoms with van der Waals surface area (Å²) in [6.45, 7) is 8.63. The number of allylic oxidation sites excluding steroid dienone is 2. The number of nitrogens with zero attached hydrogens (tertiary/aromatic N) is 4. The first-order chi connectivity index (χ1) is 27.0. The number of nitrogens with one attached hydrogen (secondary N) is 2. The van der Waals surface area contributed by atoms with Crippen LogP contribution in [0.3, 0.4) is 0 Å². The highest BCUT2D eigenvalue weighted by Gasteiger charge is 2.58. The van der Waals surface area contributed by atoms with Crippen LogP contribution in [0.15, 0.2) is 57.2 Å². The third-order valence-corrected chi connectivity index (χ3v) is 14.7. The second-order valence-electron chi connectivity index (χ2n) is 18.6. The molecule has 0 aromatic carbocycles. The number of likely N-dealkylation sites (tertiary alicyclic amines) is 2. The van der Waals surface area contributed by atoms with Crippen molar-refractivity contribution in [1.82, 2.24) is 29.6 Å². The molecule has 2 fully saturated rings. The Kier molecular flexibility index (Phi) is 11.1. The van der Waals surface area contributed by atoms with Gasteiger partial charge in [-0.2, -0.15) is 0 Å². The van der Waals surface area contributed by atoms with Crippen molar-refractivity contribution in [2.75, 3.05) is 53.4 Å². The van der Waals surface area contributed by atoms with Gasteiger partial charge in [0.15, 0.2) is 0 Å². The molecular weight excluding hydrogens is 701 g/mol. The average Bonchev–Trinajstić information content (AvgIpc) is 3.14. The first-order valence-corrected chi connectivity index (χ1v) is 21.8. The molecule has 0 saturated carbocycles. The second kappa shape index (κ2) is 15.9. The summed E-state index contributed by atoms with van der Waals surface area (Å²) in [5.74, 6) is 1.96. The molecule has 56 heavy (non-hydrogen) atoms. The van der Waals surface area contributed by atoms with Gasteiger partial charge in [0, 0.05) is 36.6 Å². The molecule has 2 aromatic rings. The first kappa shape index (κ1) is 39.1. The van der Waals surface area contributed by atoms with Crippen molar-refractivity contribution in [2.45, 2.75) is 115 Å². The molecule has 2 aromatic heterocycles. The molecule has 4 heterocycles. The highest BCUT2D eigenvalue weighted by molar-refractivity contribution is 5.80. The van der Waals surface area contributed by atoms with E-state index in [0.717, 1.165) is 115 Å². The van der Waals surface area contributed by atoms with Crippen molar-refractivity contribution in [3.8, 4) is 0 Å². The van der Waals surface area contributed by atoms with Crippen LogP contribution in [-0.4, -0.2) is 94.7 Å². The lowest BCUT2D eigenvalue weighted by molar-refractivity contribution is -0.149. The number of likely N-dealkylation sites (N-methyl/N-ethyl adjacent to an activating group) is 2. The van der Waals surface area contributed by atoms with Crippen LogP contribution in [0.25, 0.3) is 0 Å².